The zero-order valence-corrected chi connectivity index (χ0v) is 11.8. The van der Waals surface area contributed by atoms with Gasteiger partial charge in [-0.1, -0.05) is 37.3 Å². The van der Waals surface area contributed by atoms with Crippen molar-refractivity contribution in [3.05, 3.63) is 35.9 Å². The Bertz CT molecular complexity index is 421. The number of ether oxygens (including phenoxy) is 1. The zero-order chi connectivity index (χ0) is 15.0. The molecule has 0 bridgehead atoms. The quantitative estimate of drug-likeness (QED) is 0.554. The third-order valence-electron chi connectivity index (χ3n) is 3.14. The van der Waals surface area contributed by atoms with Crippen molar-refractivity contribution in [2.45, 2.75) is 38.3 Å². The van der Waals surface area contributed by atoms with E-state index in [-0.39, 0.29) is 12.5 Å². The van der Waals surface area contributed by atoms with Gasteiger partial charge in [0.15, 0.2) is 6.04 Å². The van der Waals surface area contributed by atoms with E-state index in [0.717, 1.165) is 5.56 Å². The number of amides is 1. The van der Waals surface area contributed by atoms with Gasteiger partial charge in [0.1, 0.15) is 0 Å². The Morgan fingerprint density at radius 3 is 2.60 bits per heavy atom. The molecule has 3 unspecified atom stereocenters. The lowest BCUT2D eigenvalue weighted by Crippen LogP contribution is -2.47. The number of carbonyl (C=O) groups is 2. The molecular formula is C15H21NO4. The molecule has 0 spiro atoms. The summed E-state index contributed by atoms with van der Waals surface area (Å²) in [6.45, 7) is 3.84. The van der Waals surface area contributed by atoms with Gasteiger partial charge in [-0.3, -0.25) is 4.79 Å². The van der Waals surface area contributed by atoms with Gasteiger partial charge < -0.3 is 15.2 Å². The number of carbonyl (C=O) groups excluding carboxylic acids is 2. The zero-order valence-electron chi connectivity index (χ0n) is 11.8. The number of hydrogen-bond acceptors (Lipinski definition) is 4. The van der Waals surface area contributed by atoms with Crippen molar-refractivity contribution >= 4 is 12.4 Å². The molecule has 0 fully saturated rings. The molecule has 1 aromatic rings. The first-order valence-corrected chi connectivity index (χ1v) is 6.69. The highest BCUT2D eigenvalue weighted by atomic mass is 16.5. The fraction of sp³-hybridized carbons (Fsp3) is 0.467. The Balaban J connectivity index is 2.68. The van der Waals surface area contributed by atoms with E-state index in [1.165, 1.54) is 0 Å². The highest BCUT2D eigenvalue weighted by Gasteiger charge is 2.29. The lowest BCUT2D eigenvalue weighted by atomic mass is 9.92. The highest BCUT2D eigenvalue weighted by Crippen LogP contribution is 2.21. The second-order valence-electron chi connectivity index (χ2n) is 4.63. The van der Waals surface area contributed by atoms with Crippen LogP contribution in [0.25, 0.3) is 0 Å². The van der Waals surface area contributed by atoms with E-state index in [1.807, 2.05) is 37.3 Å². The van der Waals surface area contributed by atoms with Gasteiger partial charge in [0.25, 0.3) is 0 Å². The Labute approximate surface area is 118 Å². The van der Waals surface area contributed by atoms with Crippen molar-refractivity contribution < 1.29 is 19.4 Å². The minimum absolute atomic E-state index is 0.0663. The molecule has 0 saturated carbocycles. The lowest BCUT2D eigenvalue weighted by Gasteiger charge is -2.23. The summed E-state index contributed by atoms with van der Waals surface area (Å²) in [5.74, 6) is -0.552. The summed E-state index contributed by atoms with van der Waals surface area (Å²) >= 11 is 0. The fourth-order valence-corrected chi connectivity index (χ4v) is 2.06. The van der Waals surface area contributed by atoms with Crippen LogP contribution < -0.4 is 5.32 Å². The van der Waals surface area contributed by atoms with Crippen LogP contribution in [0.2, 0.25) is 0 Å². The molecule has 3 atom stereocenters. The number of aliphatic hydroxyl groups is 1. The summed E-state index contributed by atoms with van der Waals surface area (Å²) in [5.41, 5.74) is 1.07. The molecule has 0 aliphatic heterocycles. The van der Waals surface area contributed by atoms with E-state index >= 15 is 0 Å². The second kappa shape index (κ2) is 8.32. The Hall–Kier alpha value is -1.88. The van der Waals surface area contributed by atoms with E-state index in [4.69, 9.17) is 4.74 Å². The van der Waals surface area contributed by atoms with Gasteiger partial charge >= 0.3 is 5.97 Å². The lowest BCUT2D eigenvalue weighted by molar-refractivity contribution is -0.149. The van der Waals surface area contributed by atoms with Crippen LogP contribution in [-0.4, -0.2) is 36.2 Å². The van der Waals surface area contributed by atoms with Crippen molar-refractivity contribution in [1.82, 2.24) is 5.32 Å². The molecule has 0 radical (unpaired) electrons. The van der Waals surface area contributed by atoms with Crippen molar-refractivity contribution in [3.63, 3.8) is 0 Å². The molecule has 5 heteroatoms. The summed E-state index contributed by atoms with van der Waals surface area (Å²) < 4.78 is 4.84. The number of rotatable bonds is 8. The molecule has 110 valence electrons. The maximum Gasteiger partial charge on any atom is 0.331 e. The van der Waals surface area contributed by atoms with Gasteiger partial charge in [-0.2, -0.15) is 0 Å². The largest absolute Gasteiger partial charge is 0.464 e. The van der Waals surface area contributed by atoms with E-state index in [0.29, 0.717) is 12.8 Å². The van der Waals surface area contributed by atoms with E-state index in [2.05, 4.69) is 5.32 Å². The van der Waals surface area contributed by atoms with Crippen LogP contribution in [0.1, 0.15) is 31.7 Å². The molecular weight excluding hydrogens is 258 g/mol. The average molecular weight is 279 g/mol. The first kappa shape index (κ1) is 16.2. The van der Waals surface area contributed by atoms with Crippen LogP contribution in [0, 0.1) is 0 Å². The van der Waals surface area contributed by atoms with Crippen LogP contribution in [0.3, 0.4) is 0 Å². The summed E-state index contributed by atoms with van der Waals surface area (Å²) in [7, 11) is 0. The van der Waals surface area contributed by atoms with Crippen LogP contribution in [0.4, 0.5) is 0 Å². The van der Waals surface area contributed by atoms with Gasteiger partial charge in [-0.15, -0.1) is 0 Å². The maximum atomic E-state index is 11.7. The Kier molecular flexibility index (Phi) is 6.73. The number of benzene rings is 1. The fourth-order valence-electron chi connectivity index (χ4n) is 2.06. The monoisotopic (exact) mass is 279 g/mol. The molecule has 0 saturated heterocycles. The van der Waals surface area contributed by atoms with Crippen molar-refractivity contribution in [1.29, 1.82) is 0 Å². The van der Waals surface area contributed by atoms with Crippen molar-refractivity contribution in [2.75, 3.05) is 6.61 Å². The molecule has 0 aliphatic rings. The minimum Gasteiger partial charge on any atom is -0.464 e. The molecule has 1 amide bonds. The second-order valence-corrected chi connectivity index (χ2v) is 4.63. The summed E-state index contributed by atoms with van der Waals surface area (Å²) in [5, 5.41) is 12.5. The number of nitrogens with one attached hydrogen (secondary N) is 1. The van der Waals surface area contributed by atoms with Gasteiger partial charge in [-0.05, 0) is 24.8 Å². The van der Waals surface area contributed by atoms with Gasteiger partial charge in [0.2, 0.25) is 6.41 Å². The van der Waals surface area contributed by atoms with E-state index < -0.39 is 18.1 Å². The Morgan fingerprint density at radius 1 is 1.40 bits per heavy atom. The average Bonchev–Trinajstić information content (AvgIpc) is 2.45. The number of esters is 1. The van der Waals surface area contributed by atoms with Gasteiger partial charge in [0, 0.05) is 0 Å². The molecule has 2 N–H and O–H groups in total. The maximum absolute atomic E-state index is 11.7. The predicted molar refractivity (Wildman–Crippen MR) is 75.1 cm³/mol. The molecule has 0 aromatic heterocycles. The van der Waals surface area contributed by atoms with Crippen molar-refractivity contribution in [3.8, 4) is 0 Å². The molecule has 0 aliphatic carbocycles. The topological polar surface area (TPSA) is 75.6 Å². The highest BCUT2D eigenvalue weighted by molar-refractivity contribution is 5.78. The van der Waals surface area contributed by atoms with Crippen LogP contribution in [0.15, 0.2) is 30.3 Å². The molecule has 5 nitrogen and oxygen atoms in total. The standard InChI is InChI=1S/C15H21NO4/c1-3-20-15(19)14(16-10-17)13(18)9-11(2)12-7-5-4-6-8-12/h4-8,10-11,13-14,18H,3,9H2,1-2H3,(H,16,17). The van der Waals surface area contributed by atoms with Crippen LogP contribution in [0.5, 0.6) is 0 Å². The van der Waals surface area contributed by atoms with Crippen LogP contribution in [-0.2, 0) is 14.3 Å². The minimum atomic E-state index is -1.03. The molecule has 0 heterocycles. The third-order valence-corrected chi connectivity index (χ3v) is 3.14. The van der Waals surface area contributed by atoms with Gasteiger partial charge in [-0.25, -0.2) is 4.79 Å². The molecule has 20 heavy (non-hydrogen) atoms. The third kappa shape index (κ3) is 4.66. The summed E-state index contributed by atoms with van der Waals surface area (Å²) in [6, 6.07) is 8.66. The number of hydrogen-bond donors (Lipinski definition) is 2. The summed E-state index contributed by atoms with van der Waals surface area (Å²) in [4.78, 5) is 22.2. The van der Waals surface area contributed by atoms with E-state index in [1.54, 1.807) is 6.92 Å². The predicted octanol–water partition coefficient (Wildman–Crippen LogP) is 1.22. The Morgan fingerprint density at radius 2 is 2.05 bits per heavy atom. The summed E-state index contributed by atoms with van der Waals surface area (Å²) in [6.07, 6.45) is -0.235. The van der Waals surface area contributed by atoms with E-state index in [9.17, 15) is 14.7 Å². The first-order valence-electron chi connectivity index (χ1n) is 6.69. The first-order chi connectivity index (χ1) is 9.60. The molecule has 1 aromatic carbocycles. The van der Waals surface area contributed by atoms with Crippen LogP contribution >= 0.6 is 0 Å². The molecule has 1 rings (SSSR count). The SMILES string of the molecule is CCOC(=O)C(NC=O)C(O)CC(C)c1ccccc1. The van der Waals surface area contributed by atoms with Crippen molar-refractivity contribution in [2.24, 2.45) is 0 Å². The van der Waals surface area contributed by atoms with Gasteiger partial charge in [0.05, 0.1) is 12.7 Å². The smallest absolute Gasteiger partial charge is 0.331 e. The number of aliphatic hydroxyl groups excluding tert-OH is 1. The normalized spacial score (nSPS) is 14.9.